The molecule has 26 heavy (non-hydrogen) atoms. The van der Waals surface area contributed by atoms with Crippen molar-refractivity contribution >= 4 is 50.3 Å². The summed E-state index contributed by atoms with van der Waals surface area (Å²) in [7, 11) is 1.75. The maximum atomic E-state index is 11.6. The number of rotatable bonds is 4. The predicted molar refractivity (Wildman–Crippen MR) is 107 cm³/mol. The van der Waals surface area contributed by atoms with Crippen LogP contribution in [0.25, 0.3) is 21.8 Å². The predicted octanol–water partition coefficient (Wildman–Crippen LogP) is 3.34. The molecule has 0 aliphatic heterocycles. The molecule has 0 fully saturated rings. The number of fused-ring (bicyclic) bond motifs is 3. The van der Waals surface area contributed by atoms with E-state index in [-0.39, 0.29) is 11.7 Å². The van der Waals surface area contributed by atoms with Gasteiger partial charge in [0.25, 0.3) is 5.91 Å². The Kier molecular flexibility index (Phi) is 4.19. The molecule has 0 radical (unpaired) electrons. The SMILES string of the molecule is Cn1nc(C(N)=O)c2ccc3cnc(Oc4cccc(CI)c4)nc3c21. The molecule has 0 saturated carbocycles. The Labute approximate surface area is 162 Å². The molecule has 4 rings (SSSR count). The van der Waals surface area contributed by atoms with E-state index in [2.05, 4.69) is 37.7 Å². The van der Waals surface area contributed by atoms with Crippen molar-refractivity contribution in [3.8, 4) is 11.8 Å². The summed E-state index contributed by atoms with van der Waals surface area (Å²) in [5.41, 5.74) is 8.17. The van der Waals surface area contributed by atoms with Gasteiger partial charge in [-0.25, -0.2) is 4.98 Å². The molecule has 2 aromatic carbocycles. The molecule has 0 aliphatic rings. The molecule has 2 N–H and O–H groups in total. The third kappa shape index (κ3) is 2.85. The maximum Gasteiger partial charge on any atom is 0.322 e. The van der Waals surface area contributed by atoms with Crippen LogP contribution in [0.15, 0.2) is 42.6 Å². The number of carbonyl (C=O) groups is 1. The Morgan fingerprint density at radius 3 is 2.92 bits per heavy atom. The molecule has 130 valence electrons. The van der Waals surface area contributed by atoms with E-state index in [1.807, 2.05) is 30.3 Å². The highest BCUT2D eigenvalue weighted by molar-refractivity contribution is 14.1. The molecule has 7 nitrogen and oxygen atoms in total. The molecule has 0 atom stereocenters. The first kappa shape index (κ1) is 16.7. The number of alkyl halides is 1. The van der Waals surface area contributed by atoms with Crippen LogP contribution in [0.4, 0.5) is 0 Å². The van der Waals surface area contributed by atoms with Gasteiger partial charge in [0.2, 0.25) is 0 Å². The van der Waals surface area contributed by atoms with Gasteiger partial charge in [-0.05, 0) is 23.8 Å². The Morgan fingerprint density at radius 1 is 1.31 bits per heavy atom. The zero-order valence-electron chi connectivity index (χ0n) is 13.8. The first-order valence-corrected chi connectivity index (χ1v) is 9.34. The number of hydrogen-bond acceptors (Lipinski definition) is 5. The summed E-state index contributed by atoms with van der Waals surface area (Å²) < 4.78 is 8.32. The molecule has 0 saturated heterocycles. The standard InChI is InChI=1S/C18H14IN5O2/c1-24-16-13(15(23-24)17(20)25)6-5-11-9-21-18(22-14(11)16)26-12-4-2-3-10(7-12)8-19/h2-7,9H,8H2,1H3,(H2,20,25). The number of aromatic nitrogens is 4. The number of aryl methyl sites for hydroxylation is 1. The molecule has 0 aliphatic carbocycles. The summed E-state index contributed by atoms with van der Waals surface area (Å²) in [6.45, 7) is 0. The average Bonchev–Trinajstić information content (AvgIpc) is 2.99. The lowest BCUT2D eigenvalue weighted by atomic mass is 10.1. The molecule has 2 aromatic heterocycles. The number of benzene rings is 2. The van der Waals surface area contributed by atoms with Crippen LogP contribution in [0.5, 0.6) is 11.8 Å². The second-order valence-corrected chi connectivity index (χ2v) is 6.53. The highest BCUT2D eigenvalue weighted by Crippen LogP contribution is 2.28. The van der Waals surface area contributed by atoms with E-state index in [1.165, 1.54) is 0 Å². The molecular weight excluding hydrogens is 445 g/mol. The zero-order valence-corrected chi connectivity index (χ0v) is 16.0. The second kappa shape index (κ2) is 6.52. The number of amides is 1. The molecule has 8 heteroatoms. The lowest BCUT2D eigenvalue weighted by Gasteiger charge is -2.07. The summed E-state index contributed by atoms with van der Waals surface area (Å²) in [6.07, 6.45) is 1.69. The van der Waals surface area contributed by atoms with Crippen molar-refractivity contribution in [3.05, 3.63) is 53.9 Å². The van der Waals surface area contributed by atoms with E-state index in [0.29, 0.717) is 22.2 Å². The molecule has 0 unspecified atom stereocenters. The van der Waals surface area contributed by atoms with E-state index in [4.69, 9.17) is 10.5 Å². The van der Waals surface area contributed by atoms with Crippen molar-refractivity contribution in [1.82, 2.24) is 19.7 Å². The van der Waals surface area contributed by atoms with Gasteiger partial charge in [0.05, 0.1) is 5.52 Å². The average molecular weight is 459 g/mol. The second-order valence-electron chi connectivity index (χ2n) is 5.77. The van der Waals surface area contributed by atoms with Crippen molar-refractivity contribution in [2.45, 2.75) is 4.43 Å². The quantitative estimate of drug-likeness (QED) is 0.373. The van der Waals surface area contributed by atoms with Gasteiger partial charge in [-0.15, -0.1) is 0 Å². The highest BCUT2D eigenvalue weighted by atomic mass is 127. The van der Waals surface area contributed by atoms with Crippen LogP contribution < -0.4 is 10.5 Å². The van der Waals surface area contributed by atoms with Crippen LogP contribution in [0.1, 0.15) is 16.1 Å². The fraction of sp³-hybridized carbons (Fsp3) is 0.111. The lowest BCUT2D eigenvalue weighted by molar-refractivity contribution is 0.0996. The lowest BCUT2D eigenvalue weighted by Crippen LogP contribution is -2.12. The van der Waals surface area contributed by atoms with E-state index >= 15 is 0 Å². The first-order chi connectivity index (χ1) is 12.6. The highest BCUT2D eigenvalue weighted by Gasteiger charge is 2.17. The summed E-state index contributed by atoms with van der Waals surface area (Å²) in [5.74, 6) is 0.101. The van der Waals surface area contributed by atoms with E-state index in [1.54, 1.807) is 24.0 Å². The fourth-order valence-corrected chi connectivity index (χ4v) is 3.34. The van der Waals surface area contributed by atoms with Crippen LogP contribution >= 0.6 is 22.6 Å². The van der Waals surface area contributed by atoms with Gasteiger partial charge in [0.1, 0.15) is 11.3 Å². The number of nitrogens with two attached hydrogens (primary N) is 1. The van der Waals surface area contributed by atoms with Crippen molar-refractivity contribution < 1.29 is 9.53 Å². The minimum absolute atomic E-state index is 0.222. The molecule has 0 spiro atoms. The van der Waals surface area contributed by atoms with E-state index in [9.17, 15) is 4.79 Å². The minimum atomic E-state index is -0.573. The Morgan fingerprint density at radius 2 is 2.15 bits per heavy atom. The van der Waals surface area contributed by atoms with Crippen molar-refractivity contribution in [1.29, 1.82) is 0 Å². The van der Waals surface area contributed by atoms with Crippen LogP contribution in [0.3, 0.4) is 0 Å². The minimum Gasteiger partial charge on any atom is -0.424 e. The summed E-state index contributed by atoms with van der Waals surface area (Å²) in [5, 5.41) is 5.70. The zero-order chi connectivity index (χ0) is 18.3. The van der Waals surface area contributed by atoms with Crippen LogP contribution in [-0.4, -0.2) is 25.7 Å². The molecule has 0 bridgehead atoms. The monoisotopic (exact) mass is 459 g/mol. The summed E-state index contributed by atoms with van der Waals surface area (Å²) in [6, 6.07) is 11.7. The molecule has 4 aromatic rings. The van der Waals surface area contributed by atoms with Gasteiger partial charge in [-0.1, -0.05) is 40.8 Å². The Bertz CT molecular complexity index is 1160. The largest absolute Gasteiger partial charge is 0.424 e. The summed E-state index contributed by atoms with van der Waals surface area (Å²) in [4.78, 5) is 20.4. The van der Waals surface area contributed by atoms with Crippen molar-refractivity contribution in [2.24, 2.45) is 12.8 Å². The number of hydrogen-bond donors (Lipinski definition) is 1. The van der Waals surface area contributed by atoms with Crippen molar-refractivity contribution in [2.75, 3.05) is 0 Å². The third-order valence-electron chi connectivity index (χ3n) is 4.03. The van der Waals surface area contributed by atoms with Gasteiger partial charge in [-0.2, -0.15) is 10.1 Å². The van der Waals surface area contributed by atoms with Gasteiger partial charge < -0.3 is 10.5 Å². The molecular formula is C18H14IN5O2. The fourth-order valence-electron chi connectivity index (χ4n) is 2.87. The van der Waals surface area contributed by atoms with E-state index < -0.39 is 5.91 Å². The van der Waals surface area contributed by atoms with Gasteiger partial charge in [0, 0.05) is 28.4 Å². The first-order valence-electron chi connectivity index (χ1n) is 7.82. The number of halogens is 1. The van der Waals surface area contributed by atoms with Gasteiger partial charge >= 0.3 is 6.01 Å². The van der Waals surface area contributed by atoms with Gasteiger partial charge in [0.15, 0.2) is 5.69 Å². The normalized spacial score (nSPS) is 11.2. The van der Waals surface area contributed by atoms with Gasteiger partial charge in [-0.3, -0.25) is 9.48 Å². The number of ether oxygens (including phenoxy) is 1. The Balaban J connectivity index is 1.85. The third-order valence-corrected chi connectivity index (χ3v) is 4.91. The van der Waals surface area contributed by atoms with Crippen LogP contribution in [-0.2, 0) is 11.5 Å². The number of nitrogens with zero attached hydrogens (tertiary/aromatic N) is 4. The smallest absolute Gasteiger partial charge is 0.322 e. The topological polar surface area (TPSA) is 95.9 Å². The van der Waals surface area contributed by atoms with E-state index in [0.717, 1.165) is 15.4 Å². The molecule has 1 amide bonds. The number of carbonyl (C=O) groups excluding carboxylic acids is 1. The number of primary amides is 1. The summed E-state index contributed by atoms with van der Waals surface area (Å²) >= 11 is 2.30. The maximum absolute atomic E-state index is 11.6. The van der Waals surface area contributed by atoms with Crippen molar-refractivity contribution in [3.63, 3.8) is 0 Å². The molecule has 2 heterocycles. The van der Waals surface area contributed by atoms with Crippen LogP contribution in [0, 0.1) is 0 Å². The van der Waals surface area contributed by atoms with Crippen LogP contribution in [0.2, 0.25) is 0 Å². The Hall–Kier alpha value is -2.75.